The van der Waals surface area contributed by atoms with Gasteiger partial charge in [-0.1, -0.05) is 6.07 Å². The summed E-state index contributed by atoms with van der Waals surface area (Å²) >= 11 is 0. The van der Waals surface area contributed by atoms with Gasteiger partial charge in [0, 0.05) is 31.1 Å². The highest BCUT2D eigenvalue weighted by Crippen LogP contribution is 2.37. The van der Waals surface area contributed by atoms with E-state index in [0.29, 0.717) is 23.2 Å². The van der Waals surface area contributed by atoms with Crippen molar-refractivity contribution in [3.63, 3.8) is 0 Å². The first kappa shape index (κ1) is 18.4. The van der Waals surface area contributed by atoms with E-state index in [9.17, 15) is 19.2 Å². The van der Waals surface area contributed by atoms with Crippen molar-refractivity contribution in [2.75, 3.05) is 0 Å². The minimum absolute atomic E-state index is 0.120. The summed E-state index contributed by atoms with van der Waals surface area (Å²) in [4.78, 5) is 52.8. The van der Waals surface area contributed by atoms with E-state index in [2.05, 4.69) is 10.2 Å². The van der Waals surface area contributed by atoms with Gasteiger partial charge in [-0.3, -0.25) is 34.3 Å². The number of nitrogens with one attached hydrogen (secondary N) is 1. The van der Waals surface area contributed by atoms with Crippen molar-refractivity contribution in [2.24, 2.45) is 5.73 Å². The zero-order chi connectivity index (χ0) is 20.3. The highest BCUT2D eigenvalue weighted by atomic mass is 16.2. The summed E-state index contributed by atoms with van der Waals surface area (Å²) in [5, 5.41) is 2.22. The average molecular weight is 396 g/mol. The number of fused-ring (bicyclic) bond motifs is 1. The molecule has 8 nitrogen and oxygen atoms in total. The fourth-order valence-corrected chi connectivity index (χ4v) is 4.69. The van der Waals surface area contributed by atoms with Gasteiger partial charge < -0.3 is 5.73 Å². The minimum Gasteiger partial charge on any atom is -0.328 e. The molecule has 8 heteroatoms. The molecule has 1 atom stereocenters. The van der Waals surface area contributed by atoms with Gasteiger partial charge >= 0.3 is 0 Å². The van der Waals surface area contributed by atoms with Crippen LogP contribution in [0.2, 0.25) is 0 Å². The van der Waals surface area contributed by atoms with E-state index >= 15 is 0 Å². The predicted molar refractivity (Wildman–Crippen MR) is 103 cm³/mol. The first-order chi connectivity index (χ1) is 13.9. The number of nitrogens with two attached hydrogens (primary N) is 1. The topological polar surface area (TPSA) is 113 Å². The molecule has 0 radical (unpaired) electrons. The molecule has 2 heterocycles. The van der Waals surface area contributed by atoms with Crippen molar-refractivity contribution in [2.45, 2.75) is 69.2 Å². The molecule has 3 fully saturated rings. The van der Waals surface area contributed by atoms with Gasteiger partial charge in [0.05, 0.1) is 11.1 Å². The summed E-state index contributed by atoms with van der Waals surface area (Å²) in [6.07, 6.45) is 4.67. The summed E-state index contributed by atoms with van der Waals surface area (Å²) in [5.41, 5.74) is 7.63. The smallest absolute Gasteiger partial charge is 0.262 e. The zero-order valence-electron chi connectivity index (χ0n) is 16.1. The minimum atomic E-state index is -0.928. The SMILES string of the molecule is NC1CC(N(Cc2ccc3c(c2)C(=O)N(C2CCC(=O)NC2=O)C3=O)C2CC2)C1. The molecule has 2 aliphatic heterocycles. The number of nitrogens with zero attached hydrogens (tertiary/aromatic N) is 2. The Morgan fingerprint density at radius 1 is 1.00 bits per heavy atom. The Morgan fingerprint density at radius 2 is 1.72 bits per heavy atom. The summed E-state index contributed by atoms with van der Waals surface area (Å²) in [7, 11) is 0. The normalized spacial score (nSPS) is 29.2. The Bertz CT molecular complexity index is 919. The van der Waals surface area contributed by atoms with Crippen LogP contribution in [0.1, 0.15) is 64.8 Å². The van der Waals surface area contributed by atoms with Gasteiger partial charge in [0.25, 0.3) is 11.8 Å². The lowest BCUT2D eigenvalue weighted by atomic mass is 9.86. The summed E-state index contributed by atoms with van der Waals surface area (Å²) in [6.45, 7) is 0.731. The number of carbonyl (C=O) groups is 4. The van der Waals surface area contributed by atoms with Crippen molar-refractivity contribution < 1.29 is 19.2 Å². The summed E-state index contributed by atoms with van der Waals surface area (Å²) < 4.78 is 0. The van der Waals surface area contributed by atoms with Gasteiger partial charge in [0.2, 0.25) is 11.8 Å². The van der Waals surface area contributed by atoms with Crippen LogP contribution in [0.15, 0.2) is 18.2 Å². The number of imide groups is 2. The van der Waals surface area contributed by atoms with Crippen LogP contribution in [-0.2, 0) is 16.1 Å². The Morgan fingerprint density at radius 3 is 2.38 bits per heavy atom. The van der Waals surface area contributed by atoms with Crippen LogP contribution >= 0.6 is 0 Å². The van der Waals surface area contributed by atoms with Gasteiger partial charge in [0.1, 0.15) is 6.04 Å². The zero-order valence-corrected chi connectivity index (χ0v) is 16.1. The molecule has 2 aliphatic carbocycles. The predicted octanol–water partition coefficient (Wildman–Crippen LogP) is 0.542. The molecule has 4 aliphatic rings. The maximum Gasteiger partial charge on any atom is 0.262 e. The molecular formula is C21H24N4O4. The van der Waals surface area contributed by atoms with E-state index in [-0.39, 0.29) is 24.8 Å². The molecule has 3 N–H and O–H groups in total. The highest BCUT2D eigenvalue weighted by molar-refractivity contribution is 6.23. The quantitative estimate of drug-likeness (QED) is 0.703. The maximum atomic E-state index is 13.0. The number of piperidine rings is 1. The number of hydrogen-bond donors (Lipinski definition) is 2. The molecule has 152 valence electrons. The van der Waals surface area contributed by atoms with E-state index in [4.69, 9.17) is 5.73 Å². The maximum absolute atomic E-state index is 13.0. The van der Waals surface area contributed by atoms with Gasteiger partial charge in [-0.15, -0.1) is 0 Å². The van der Waals surface area contributed by atoms with Crippen molar-refractivity contribution >= 4 is 23.6 Å². The highest BCUT2D eigenvalue weighted by Gasteiger charge is 2.45. The molecule has 29 heavy (non-hydrogen) atoms. The monoisotopic (exact) mass is 396 g/mol. The van der Waals surface area contributed by atoms with Crippen LogP contribution in [0.5, 0.6) is 0 Å². The van der Waals surface area contributed by atoms with Crippen LogP contribution in [0, 0.1) is 0 Å². The van der Waals surface area contributed by atoms with Crippen LogP contribution in [-0.4, -0.2) is 57.6 Å². The fourth-order valence-electron chi connectivity index (χ4n) is 4.69. The van der Waals surface area contributed by atoms with Crippen LogP contribution in [0.3, 0.4) is 0 Å². The second-order valence-corrected chi connectivity index (χ2v) is 8.62. The molecule has 1 unspecified atom stereocenters. The van der Waals surface area contributed by atoms with Gasteiger partial charge in [-0.05, 0) is 49.8 Å². The molecule has 1 saturated heterocycles. The molecule has 1 aromatic carbocycles. The first-order valence-electron chi connectivity index (χ1n) is 10.3. The lowest BCUT2D eigenvalue weighted by Crippen LogP contribution is -2.54. The Labute approximate surface area is 168 Å². The van der Waals surface area contributed by atoms with E-state index in [1.54, 1.807) is 12.1 Å². The number of amides is 4. The number of rotatable bonds is 5. The largest absolute Gasteiger partial charge is 0.328 e. The van der Waals surface area contributed by atoms with E-state index in [0.717, 1.165) is 29.8 Å². The van der Waals surface area contributed by atoms with Gasteiger partial charge in [0.15, 0.2) is 0 Å². The Balaban J connectivity index is 1.37. The molecule has 4 amide bonds. The van der Waals surface area contributed by atoms with E-state index in [1.165, 1.54) is 12.8 Å². The molecular weight excluding hydrogens is 372 g/mol. The molecule has 0 bridgehead atoms. The first-order valence-corrected chi connectivity index (χ1v) is 10.3. The third-order valence-corrected chi connectivity index (χ3v) is 6.50. The lowest BCUT2D eigenvalue weighted by Gasteiger charge is -2.41. The molecule has 5 rings (SSSR count). The third kappa shape index (κ3) is 3.16. The summed E-state index contributed by atoms with van der Waals surface area (Å²) in [6, 6.07) is 5.79. The second-order valence-electron chi connectivity index (χ2n) is 8.62. The third-order valence-electron chi connectivity index (χ3n) is 6.50. The number of benzene rings is 1. The Kier molecular flexibility index (Phi) is 4.29. The van der Waals surface area contributed by atoms with E-state index < -0.39 is 23.8 Å². The van der Waals surface area contributed by atoms with Crippen LogP contribution in [0.25, 0.3) is 0 Å². The number of hydrogen-bond acceptors (Lipinski definition) is 6. The average Bonchev–Trinajstić information content (AvgIpc) is 3.47. The molecule has 2 saturated carbocycles. The van der Waals surface area contributed by atoms with Crippen molar-refractivity contribution in [3.05, 3.63) is 34.9 Å². The van der Waals surface area contributed by atoms with Crippen molar-refractivity contribution in [1.29, 1.82) is 0 Å². The van der Waals surface area contributed by atoms with Gasteiger partial charge in [-0.25, -0.2) is 0 Å². The van der Waals surface area contributed by atoms with Crippen molar-refractivity contribution in [1.82, 2.24) is 15.1 Å². The lowest BCUT2D eigenvalue weighted by molar-refractivity contribution is -0.136. The van der Waals surface area contributed by atoms with E-state index in [1.807, 2.05) is 6.07 Å². The fraction of sp³-hybridized carbons (Fsp3) is 0.524. The standard InChI is InChI=1S/C21H24N4O4/c22-12-8-14(9-12)24(13-2-3-13)10-11-1-4-15-16(7-11)21(29)25(20(15)28)17-5-6-18(26)23-19(17)27/h1,4,7,12-14,17H,2-3,5-6,8-10,22H2,(H,23,26,27). The molecule has 0 spiro atoms. The van der Waals surface area contributed by atoms with Crippen LogP contribution in [0.4, 0.5) is 0 Å². The van der Waals surface area contributed by atoms with Crippen LogP contribution < -0.4 is 11.1 Å². The van der Waals surface area contributed by atoms with Gasteiger partial charge in [-0.2, -0.15) is 0 Å². The Hall–Kier alpha value is -2.58. The summed E-state index contributed by atoms with van der Waals surface area (Å²) in [5.74, 6) is -1.88. The molecule has 1 aromatic rings. The van der Waals surface area contributed by atoms with Crippen molar-refractivity contribution in [3.8, 4) is 0 Å². The second kappa shape index (κ2) is 6.74. The number of carbonyl (C=O) groups excluding carboxylic acids is 4. The molecule has 0 aromatic heterocycles.